The van der Waals surface area contributed by atoms with Crippen LogP contribution in [0, 0.1) is 0 Å². The molecule has 1 aliphatic heterocycles. The highest BCUT2D eigenvalue weighted by atomic mass is 16.3. The highest BCUT2D eigenvalue weighted by Crippen LogP contribution is 2.32. The van der Waals surface area contributed by atoms with Crippen LogP contribution in [0.4, 0.5) is 5.69 Å². The number of benzene rings is 1. The fraction of sp³-hybridized carbons (Fsp3) is 0. The summed E-state index contributed by atoms with van der Waals surface area (Å²) in [5.41, 5.74) is 7.81. The molecule has 0 unspecified atom stereocenters. The third-order valence-corrected chi connectivity index (χ3v) is 1.97. The number of phenols is 1. The smallest absolute Gasteiger partial charge is 0.139 e. The van der Waals surface area contributed by atoms with Crippen LogP contribution in [-0.2, 0) is 0 Å². The van der Waals surface area contributed by atoms with Gasteiger partial charge >= 0.3 is 0 Å². The van der Waals surface area contributed by atoms with Gasteiger partial charge in [0.25, 0.3) is 0 Å². The Morgan fingerprint density at radius 1 is 1.31 bits per heavy atom. The SMILES string of the molecule is NC=C1C=Cc2cccc(O)c2N1. The molecule has 2 rings (SSSR count). The number of hydrogen-bond donors (Lipinski definition) is 3. The molecule has 3 nitrogen and oxygen atoms in total. The normalized spacial score (nSPS) is 16.8. The summed E-state index contributed by atoms with van der Waals surface area (Å²) >= 11 is 0. The predicted octanol–water partition coefficient (Wildman–Crippen LogP) is 1.63. The molecule has 0 aromatic heterocycles. The predicted molar refractivity (Wildman–Crippen MR) is 53.0 cm³/mol. The molecular formula is C10H10N2O. The monoisotopic (exact) mass is 174 g/mol. The molecule has 0 amide bonds. The van der Waals surface area contributed by atoms with Gasteiger partial charge in [-0.3, -0.25) is 0 Å². The summed E-state index contributed by atoms with van der Waals surface area (Å²) in [4.78, 5) is 0. The molecule has 0 saturated carbocycles. The van der Waals surface area contributed by atoms with Crippen molar-refractivity contribution in [3.05, 3.63) is 41.7 Å². The van der Waals surface area contributed by atoms with Crippen molar-refractivity contribution in [3.63, 3.8) is 0 Å². The third-order valence-electron chi connectivity index (χ3n) is 1.97. The van der Waals surface area contributed by atoms with Crippen molar-refractivity contribution in [2.75, 3.05) is 5.32 Å². The van der Waals surface area contributed by atoms with Crippen molar-refractivity contribution in [1.29, 1.82) is 0 Å². The van der Waals surface area contributed by atoms with Crippen LogP contribution in [0.2, 0.25) is 0 Å². The lowest BCUT2D eigenvalue weighted by Gasteiger charge is -2.15. The summed E-state index contributed by atoms with van der Waals surface area (Å²) in [6.45, 7) is 0. The number of nitrogens with two attached hydrogens (primary N) is 1. The van der Waals surface area contributed by atoms with Gasteiger partial charge in [-0.2, -0.15) is 0 Å². The number of para-hydroxylation sites is 1. The Morgan fingerprint density at radius 2 is 2.15 bits per heavy atom. The van der Waals surface area contributed by atoms with Crippen LogP contribution in [-0.4, -0.2) is 5.11 Å². The van der Waals surface area contributed by atoms with E-state index in [1.165, 1.54) is 6.20 Å². The van der Waals surface area contributed by atoms with E-state index in [1.807, 2.05) is 18.2 Å². The van der Waals surface area contributed by atoms with Gasteiger partial charge in [-0.15, -0.1) is 0 Å². The number of hydrogen-bond acceptors (Lipinski definition) is 3. The first-order valence-corrected chi connectivity index (χ1v) is 4.00. The molecule has 4 N–H and O–H groups in total. The minimum atomic E-state index is 0.237. The van der Waals surface area contributed by atoms with Crippen LogP contribution in [0.25, 0.3) is 6.08 Å². The van der Waals surface area contributed by atoms with Crippen LogP contribution in [0.1, 0.15) is 5.56 Å². The Balaban J connectivity index is 2.53. The van der Waals surface area contributed by atoms with Crippen LogP contribution >= 0.6 is 0 Å². The largest absolute Gasteiger partial charge is 0.506 e. The molecule has 1 aliphatic rings. The average molecular weight is 174 g/mol. The lowest BCUT2D eigenvalue weighted by Crippen LogP contribution is -2.04. The number of allylic oxidation sites excluding steroid dienone is 1. The van der Waals surface area contributed by atoms with Crippen molar-refractivity contribution in [2.45, 2.75) is 0 Å². The first-order chi connectivity index (χ1) is 6.31. The molecule has 66 valence electrons. The maximum Gasteiger partial charge on any atom is 0.139 e. The molecule has 0 atom stereocenters. The fourth-order valence-electron chi connectivity index (χ4n) is 1.30. The summed E-state index contributed by atoms with van der Waals surface area (Å²) in [5, 5.41) is 12.5. The fourth-order valence-corrected chi connectivity index (χ4v) is 1.30. The Labute approximate surface area is 76.2 Å². The zero-order valence-corrected chi connectivity index (χ0v) is 6.99. The summed E-state index contributed by atoms with van der Waals surface area (Å²) in [7, 11) is 0. The summed E-state index contributed by atoms with van der Waals surface area (Å²) in [6, 6.07) is 5.36. The number of phenolic OH excluding ortho intramolecular Hbond substituents is 1. The second-order valence-corrected chi connectivity index (χ2v) is 2.82. The molecule has 0 aliphatic carbocycles. The van der Waals surface area contributed by atoms with E-state index in [9.17, 15) is 5.11 Å². The summed E-state index contributed by atoms with van der Waals surface area (Å²) < 4.78 is 0. The number of aromatic hydroxyl groups is 1. The number of nitrogens with one attached hydrogen (secondary N) is 1. The van der Waals surface area contributed by atoms with Gasteiger partial charge in [0.2, 0.25) is 0 Å². The first-order valence-electron chi connectivity index (χ1n) is 4.00. The van der Waals surface area contributed by atoms with Crippen LogP contribution in [0.5, 0.6) is 5.75 Å². The van der Waals surface area contributed by atoms with Gasteiger partial charge in [-0.05, 0) is 12.1 Å². The van der Waals surface area contributed by atoms with Gasteiger partial charge in [0.15, 0.2) is 0 Å². The molecule has 0 fully saturated rings. The summed E-state index contributed by atoms with van der Waals surface area (Å²) in [6.07, 6.45) is 5.23. The molecule has 13 heavy (non-hydrogen) atoms. The second kappa shape index (κ2) is 2.86. The van der Waals surface area contributed by atoms with Crippen molar-refractivity contribution < 1.29 is 5.11 Å². The molecular weight excluding hydrogens is 164 g/mol. The van der Waals surface area contributed by atoms with E-state index in [-0.39, 0.29) is 5.75 Å². The Hall–Kier alpha value is -1.90. The number of anilines is 1. The minimum absolute atomic E-state index is 0.237. The maximum absolute atomic E-state index is 9.51. The summed E-state index contributed by atoms with van der Waals surface area (Å²) in [5.74, 6) is 0.237. The van der Waals surface area contributed by atoms with E-state index in [1.54, 1.807) is 12.1 Å². The molecule has 1 heterocycles. The van der Waals surface area contributed by atoms with Gasteiger partial charge in [0.05, 0.1) is 11.4 Å². The van der Waals surface area contributed by atoms with E-state index < -0.39 is 0 Å². The van der Waals surface area contributed by atoms with Gasteiger partial charge < -0.3 is 16.2 Å². The zero-order valence-electron chi connectivity index (χ0n) is 6.99. The zero-order chi connectivity index (χ0) is 9.26. The van der Waals surface area contributed by atoms with Crippen LogP contribution in [0.15, 0.2) is 36.2 Å². The van der Waals surface area contributed by atoms with Crippen molar-refractivity contribution in [2.24, 2.45) is 5.73 Å². The Bertz CT molecular complexity index is 394. The maximum atomic E-state index is 9.51. The first kappa shape index (κ1) is 7.73. The van der Waals surface area contributed by atoms with Crippen molar-refractivity contribution in [1.82, 2.24) is 0 Å². The molecule has 0 spiro atoms. The lowest BCUT2D eigenvalue weighted by atomic mass is 10.1. The van der Waals surface area contributed by atoms with Crippen molar-refractivity contribution in [3.8, 4) is 5.75 Å². The highest BCUT2D eigenvalue weighted by Gasteiger charge is 2.09. The van der Waals surface area contributed by atoms with E-state index in [2.05, 4.69) is 5.32 Å². The highest BCUT2D eigenvalue weighted by molar-refractivity contribution is 5.79. The Morgan fingerprint density at radius 3 is 2.92 bits per heavy atom. The average Bonchev–Trinajstić information content (AvgIpc) is 2.18. The Kier molecular flexibility index (Phi) is 1.70. The topological polar surface area (TPSA) is 58.3 Å². The van der Waals surface area contributed by atoms with Gasteiger partial charge in [-0.1, -0.05) is 18.2 Å². The lowest BCUT2D eigenvalue weighted by molar-refractivity contribution is 0.477. The van der Waals surface area contributed by atoms with Gasteiger partial charge in [-0.25, -0.2) is 0 Å². The molecule has 0 bridgehead atoms. The minimum Gasteiger partial charge on any atom is -0.506 e. The molecule has 0 saturated heterocycles. The number of rotatable bonds is 0. The van der Waals surface area contributed by atoms with Crippen LogP contribution in [0.3, 0.4) is 0 Å². The van der Waals surface area contributed by atoms with Crippen LogP contribution < -0.4 is 11.1 Å². The molecule has 0 radical (unpaired) electrons. The quantitative estimate of drug-likeness (QED) is 0.524. The third kappa shape index (κ3) is 1.24. The standard InChI is InChI=1S/C10H10N2O/c11-6-8-5-4-7-2-1-3-9(13)10(7)12-8/h1-6,12-13H,11H2. The van der Waals surface area contributed by atoms with Gasteiger partial charge in [0, 0.05) is 11.8 Å². The van der Waals surface area contributed by atoms with E-state index in [0.717, 1.165) is 11.3 Å². The van der Waals surface area contributed by atoms with Crippen molar-refractivity contribution >= 4 is 11.8 Å². The van der Waals surface area contributed by atoms with E-state index in [0.29, 0.717) is 5.69 Å². The van der Waals surface area contributed by atoms with E-state index >= 15 is 0 Å². The van der Waals surface area contributed by atoms with Gasteiger partial charge in [0.1, 0.15) is 5.75 Å². The van der Waals surface area contributed by atoms with E-state index in [4.69, 9.17) is 5.73 Å². The molecule has 3 heteroatoms. The molecule has 1 aromatic rings. The second-order valence-electron chi connectivity index (χ2n) is 2.82. The molecule has 1 aromatic carbocycles. The number of fused-ring (bicyclic) bond motifs is 1.